The first-order valence-corrected chi connectivity index (χ1v) is 10.0. The largest absolute Gasteiger partial charge is 0.481 e. The van der Waals surface area contributed by atoms with Crippen molar-refractivity contribution in [3.05, 3.63) is 83.9 Å². The molecule has 1 atom stereocenters. The summed E-state index contributed by atoms with van der Waals surface area (Å²) < 4.78 is 11.6. The number of nitrogens with one attached hydrogen (secondary N) is 1. The average molecular weight is 413 g/mol. The maximum absolute atomic E-state index is 12.5. The zero-order valence-corrected chi connectivity index (χ0v) is 17.6. The second-order valence-electron chi connectivity index (χ2n) is 7.43. The van der Waals surface area contributed by atoms with Crippen molar-refractivity contribution in [2.75, 3.05) is 5.32 Å². The van der Waals surface area contributed by atoms with E-state index in [2.05, 4.69) is 21.6 Å². The highest BCUT2D eigenvalue weighted by Crippen LogP contribution is 2.25. The Labute approximate surface area is 180 Å². The predicted molar refractivity (Wildman–Crippen MR) is 120 cm³/mol. The quantitative estimate of drug-likeness (QED) is 0.456. The maximum atomic E-state index is 12.5. The first kappa shape index (κ1) is 20.3. The number of carbonyl (C=O) groups excluding carboxylic acids is 1. The first-order valence-electron chi connectivity index (χ1n) is 10.0. The molecule has 0 bridgehead atoms. The lowest BCUT2D eigenvalue weighted by molar-refractivity contribution is -0.122. The number of anilines is 1. The van der Waals surface area contributed by atoms with Crippen LogP contribution in [0.2, 0.25) is 0 Å². The van der Waals surface area contributed by atoms with E-state index in [1.165, 1.54) is 0 Å². The van der Waals surface area contributed by atoms with E-state index in [0.717, 1.165) is 22.3 Å². The Bertz CT molecular complexity index is 1160. The molecule has 6 heteroatoms. The Hall–Kier alpha value is -3.93. The second-order valence-corrected chi connectivity index (χ2v) is 7.43. The van der Waals surface area contributed by atoms with Gasteiger partial charge in [0.25, 0.3) is 5.91 Å². The number of amides is 1. The fourth-order valence-corrected chi connectivity index (χ4v) is 3.24. The van der Waals surface area contributed by atoms with E-state index in [0.29, 0.717) is 23.2 Å². The van der Waals surface area contributed by atoms with E-state index in [1.807, 2.05) is 68.4 Å². The number of aryl methyl sites for hydroxylation is 2. The normalized spacial score (nSPS) is 11.7. The molecule has 4 rings (SSSR count). The number of benzene rings is 3. The molecular weight excluding hydrogens is 390 g/mol. The molecule has 0 aliphatic heterocycles. The van der Waals surface area contributed by atoms with Crippen molar-refractivity contribution in [3.8, 4) is 28.7 Å². The van der Waals surface area contributed by atoms with Crippen LogP contribution >= 0.6 is 0 Å². The Morgan fingerprint density at radius 3 is 2.06 bits per heavy atom. The molecule has 0 spiro atoms. The van der Waals surface area contributed by atoms with Crippen LogP contribution in [0.3, 0.4) is 0 Å². The van der Waals surface area contributed by atoms with E-state index >= 15 is 0 Å². The number of hydrogen-bond donors (Lipinski definition) is 1. The molecule has 1 aromatic heterocycles. The highest BCUT2D eigenvalue weighted by Gasteiger charge is 2.16. The van der Waals surface area contributed by atoms with Crippen molar-refractivity contribution in [2.24, 2.45) is 0 Å². The minimum absolute atomic E-state index is 0.226. The van der Waals surface area contributed by atoms with Crippen LogP contribution in [-0.4, -0.2) is 22.2 Å². The lowest BCUT2D eigenvalue weighted by atomic mass is 10.1. The van der Waals surface area contributed by atoms with Crippen molar-refractivity contribution in [1.29, 1.82) is 0 Å². The molecule has 0 radical (unpaired) electrons. The number of ether oxygens (including phenoxy) is 1. The molecule has 1 heterocycles. The maximum Gasteiger partial charge on any atom is 0.265 e. The number of aromatic nitrogens is 2. The van der Waals surface area contributed by atoms with Gasteiger partial charge in [0.05, 0.1) is 0 Å². The van der Waals surface area contributed by atoms with Crippen LogP contribution < -0.4 is 10.1 Å². The molecule has 0 saturated heterocycles. The summed E-state index contributed by atoms with van der Waals surface area (Å²) in [5, 5.41) is 11.1. The predicted octanol–water partition coefficient (Wildman–Crippen LogP) is 5.43. The number of nitrogens with zero attached hydrogens (tertiary/aromatic N) is 2. The second kappa shape index (κ2) is 8.83. The van der Waals surface area contributed by atoms with E-state index in [4.69, 9.17) is 9.15 Å². The first-order chi connectivity index (χ1) is 15.0. The van der Waals surface area contributed by atoms with Gasteiger partial charge in [-0.2, -0.15) is 0 Å². The van der Waals surface area contributed by atoms with Crippen molar-refractivity contribution < 1.29 is 13.9 Å². The Kier molecular flexibility index (Phi) is 5.80. The molecular formula is C25H23N3O3. The third-order valence-electron chi connectivity index (χ3n) is 4.72. The van der Waals surface area contributed by atoms with Crippen LogP contribution in [0.1, 0.15) is 18.1 Å². The summed E-state index contributed by atoms with van der Waals surface area (Å²) in [4.78, 5) is 12.5. The van der Waals surface area contributed by atoms with Gasteiger partial charge in [0.1, 0.15) is 5.75 Å². The third kappa shape index (κ3) is 4.98. The fourth-order valence-electron chi connectivity index (χ4n) is 3.24. The van der Waals surface area contributed by atoms with Crippen LogP contribution in [-0.2, 0) is 4.79 Å². The summed E-state index contributed by atoms with van der Waals surface area (Å²) in [6, 6.07) is 22.7. The van der Waals surface area contributed by atoms with Gasteiger partial charge in [-0.15, -0.1) is 10.2 Å². The van der Waals surface area contributed by atoms with Crippen LogP contribution in [0.25, 0.3) is 22.9 Å². The zero-order chi connectivity index (χ0) is 21.8. The molecule has 0 fully saturated rings. The van der Waals surface area contributed by atoms with Gasteiger partial charge in [0.15, 0.2) is 6.10 Å². The van der Waals surface area contributed by atoms with Crippen molar-refractivity contribution >= 4 is 11.6 Å². The Balaban J connectivity index is 1.40. The van der Waals surface area contributed by atoms with E-state index in [1.54, 1.807) is 19.1 Å². The standard InChI is InChI=1S/C25H23N3O3/c1-16-13-17(2)15-22(14-16)30-18(3)23(29)26-21-11-9-20(10-12-21)25-28-27-24(31-25)19-7-5-4-6-8-19/h4-15,18H,1-3H3,(H,26,29). The SMILES string of the molecule is Cc1cc(C)cc(OC(C)C(=O)Nc2ccc(-c3nnc(-c4ccccc4)o3)cc2)c1. The summed E-state index contributed by atoms with van der Waals surface area (Å²) >= 11 is 0. The minimum Gasteiger partial charge on any atom is -0.481 e. The fraction of sp³-hybridized carbons (Fsp3) is 0.160. The molecule has 6 nitrogen and oxygen atoms in total. The summed E-state index contributed by atoms with van der Waals surface area (Å²) in [6.45, 7) is 5.72. The van der Waals surface area contributed by atoms with Crippen LogP contribution in [0.15, 0.2) is 77.2 Å². The molecule has 0 saturated carbocycles. The molecule has 3 aromatic carbocycles. The molecule has 1 N–H and O–H groups in total. The Morgan fingerprint density at radius 2 is 1.45 bits per heavy atom. The number of rotatable bonds is 6. The van der Waals surface area contributed by atoms with Gasteiger partial charge >= 0.3 is 0 Å². The molecule has 0 aliphatic carbocycles. The highest BCUT2D eigenvalue weighted by molar-refractivity contribution is 5.94. The molecule has 1 unspecified atom stereocenters. The van der Waals surface area contributed by atoms with Gasteiger partial charge in [0, 0.05) is 16.8 Å². The van der Waals surface area contributed by atoms with Crippen molar-refractivity contribution in [3.63, 3.8) is 0 Å². The van der Waals surface area contributed by atoms with Crippen LogP contribution in [0.5, 0.6) is 5.75 Å². The summed E-state index contributed by atoms with van der Waals surface area (Å²) in [5.74, 6) is 1.34. The van der Waals surface area contributed by atoms with Crippen LogP contribution in [0.4, 0.5) is 5.69 Å². The van der Waals surface area contributed by atoms with Gasteiger partial charge in [-0.3, -0.25) is 4.79 Å². The smallest absolute Gasteiger partial charge is 0.265 e. The van der Waals surface area contributed by atoms with E-state index in [9.17, 15) is 4.79 Å². The van der Waals surface area contributed by atoms with Crippen molar-refractivity contribution in [1.82, 2.24) is 10.2 Å². The topological polar surface area (TPSA) is 77.2 Å². The van der Waals surface area contributed by atoms with Crippen LogP contribution in [0, 0.1) is 13.8 Å². The van der Waals surface area contributed by atoms with Gasteiger partial charge < -0.3 is 14.5 Å². The van der Waals surface area contributed by atoms with Gasteiger partial charge in [0.2, 0.25) is 11.8 Å². The number of carbonyl (C=O) groups is 1. The van der Waals surface area contributed by atoms with Gasteiger partial charge in [-0.25, -0.2) is 0 Å². The summed E-state index contributed by atoms with van der Waals surface area (Å²) in [5.41, 5.74) is 4.48. The average Bonchev–Trinajstić information content (AvgIpc) is 3.24. The van der Waals surface area contributed by atoms with Gasteiger partial charge in [-0.1, -0.05) is 24.3 Å². The van der Waals surface area contributed by atoms with Crippen molar-refractivity contribution in [2.45, 2.75) is 26.9 Å². The lowest BCUT2D eigenvalue weighted by Gasteiger charge is -2.15. The van der Waals surface area contributed by atoms with E-state index in [-0.39, 0.29) is 5.91 Å². The third-order valence-corrected chi connectivity index (χ3v) is 4.72. The summed E-state index contributed by atoms with van der Waals surface area (Å²) in [6.07, 6.45) is -0.634. The molecule has 0 aliphatic rings. The molecule has 4 aromatic rings. The monoisotopic (exact) mass is 413 g/mol. The Morgan fingerprint density at radius 1 is 0.871 bits per heavy atom. The molecule has 156 valence electrons. The molecule has 1 amide bonds. The minimum atomic E-state index is -0.634. The van der Waals surface area contributed by atoms with Gasteiger partial charge in [-0.05, 0) is 80.4 Å². The highest BCUT2D eigenvalue weighted by atomic mass is 16.5. The molecule has 31 heavy (non-hydrogen) atoms. The summed E-state index contributed by atoms with van der Waals surface area (Å²) in [7, 11) is 0. The lowest BCUT2D eigenvalue weighted by Crippen LogP contribution is -2.30. The van der Waals surface area contributed by atoms with E-state index < -0.39 is 6.10 Å². The number of hydrogen-bond acceptors (Lipinski definition) is 5. The zero-order valence-electron chi connectivity index (χ0n) is 17.6.